The molecule has 0 unspecified atom stereocenters. The van der Waals surface area contributed by atoms with Gasteiger partial charge in [0.1, 0.15) is 0 Å². The van der Waals surface area contributed by atoms with Crippen molar-refractivity contribution in [3.63, 3.8) is 0 Å². The van der Waals surface area contributed by atoms with Crippen molar-refractivity contribution < 1.29 is 36.2 Å². The molecule has 1 aromatic rings. The summed E-state index contributed by atoms with van der Waals surface area (Å²) in [6.45, 7) is 20.6. The number of nitrogens with zero attached hydrogens (tertiary/aromatic N) is 1. The summed E-state index contributed by atoms with van der Waals surface area (Å²) < 4.78 is 22.5. The molecule has 0 N–H and O–H groups in total. The van der Waals surface area contributed by atoms with Crippen LogP contribution in [0, 0.1) is 20.0 Å². The minimum Gasteiger partial charge on any atom is 0 e. The van der Waals surface area contributed by atoms with Crippen LogP contribution in [0.4, 0.5) is 0 Å². The van der Waals surface area contributed by atoms with E-state index in [1.54, 1.807) is 0 Å². The van der Waals surface area contributed by atoms with E-state index in [9.17, 15) is 0 Å². The monoisotopic (exact) mass is 371 g/mol. The summed E-state index contributed by atoms with van der Waals surface area (Å²) >= 11 is 0. The number of rotatable bonds is 2. The van der Waals surface area contributed by atoms with Gasteiger partial charge in [-0.25, -0.2) is 0 Å². The number of benzene rings is 1. The molecule has 1 saturated heterocycles. The van der Waals surface area contributed by atoms with Gasteiger partial charge in [-0.05, 0) is 12.0 Å². The number of hydroxylamine groups is 2. The Bertz CT molecular complexity index is 456. The molecule has 1 heterocycles. The molecule has 0 bridgehead atoms. The maximum Gasteiger partial charge on any atom is 0 e. The maximum atomic E-state index is 7.50. The second-order valence-corrected chi connectivity index (χ2v) is 11.0. The zero-order chi connectivity index (χ0) is 17.8. The third-order valence-electron chi connectivity index (χ3n) is 3.32. The summed E-state index contributed by atoms with van der Waals surface area (Å²) in [7, 11) is 0.849. The molecule has 5 nitrogen and oxygen atoms in total. The molecule has 2 rings (SSSR count). The molecule has 2 atom stereocenters. The van der Waals surface area contributed by atoms with Gasteiger partial charge in [0, 0.05) is 24.4 Å². The molecule has 0 aliphatic carbocycles. The van der Waals surface area contributed by atoms with Crippen molar-refractivity contribution in [1.82, 2.24) is 5.06 Å². The van der Waals surface area contributed by atoms with Gasteiger partial charge < -0.3 is 0 Å². The zero-order valence-electron chi connectivity index (χ0n) is 13.7. The molecule has 1 aliphatic rings. The van der Waals surface area contributed by atoms with Crippen LogP contribution in [0.3, 0.4) is 0 Å². The van der Waals surface area contributed by atoms with Crippen LogP contribution < -0.4 is 0 Å². The first-order valence-electron chi connectivity index (χ1n) is 6.54. The van der Waals surface area contributed by atoms with E-state index in [0.717, 1.165) is 6.42 Å². The number of hydrogen-bond donors (Lipinski definition) is 0. The molecule has 7 heteroatoms. The summed E-state index contributed by atoms with van der Waals surface area (Å²) in [5.74, 6) is 0. The van der Waals surface area contributed by atoms with Crippen LogP contribution in [0.25, 0.3) is 0 Å². The van der Waals surface area contributed by atoms with Crippen molar-refractivity contribution in [2.45, 2.75) is 37.8 Å². The Morgan fingerprint density at radius 2 is 1.43 bits per heavy atom. The van der Waals surface area contributed by atoms with E-state index >= 15 is 0 Å². The molecule has 1 aliphatic heterocycles. The average Bonchev–Trinajstić information content (AvgIpc) is 2.96. The quantitative estimate of drug-likeness (QED) is 0.455. The SMILES string of the molecule is CN1O[C@@H]([Si](C)(C)C)C[C@H]1c1ccccc1.[C-]#[O+].[C-]#[O+].[C-]#[O+].[Cr]. The zero-order valence-corrected chi connectivity index (χ0v) is 16.0. The second kappa shape index (κ2) is 14.7. The minimum atomic E-state index is -1.20. The van der Waals surface area contributed by atoms with Crippen molar-refractivity contribution in [3.05, 3.63) is 55.8 Å². The summed E-state index contributed by atoms with van der Waals surface area (Å²) in [4.78, 5) is 5.99. The molecular weight excluding hydrogens is 350 g/mol. The van der Waals surface area contributed by atoms with Crippen molar-refractivity contribution in [3.8, 4) is 0 Å². The van der Waals surface area contributed by atoms with E-state index in [2.05, 4.69) is 77.0 Å². The normalized spacial score (nSPS) is 19.2. The number of hydrogen-bond acceptors (Lipinski definition) is 2. The average molecular weight is 371 g/mol. The van der Waals surface area contributed by atoms with Gasteiger partial charge >= 0.3 is 33.9 Å². The Kier molecular flexibility index (Phi) is 17.2. The molecule has 0 radical (unpaired) electrons. The first-order chi connectivity index (χ1) is 10.5. The summed E-state index contributed by atoms with van der Waals surface area (Å²) in [5.41, 5.74) is 1.81. The minimum absolute atomic E-state index is 0. The Morgan fingerprint density at radius 1 is 1.00 bits per heavy atom. The Hall–Kier alpha value is -0.891. The van der Waals surface area contributed by atoms with Gasteiger partial charge in [0.15, 0.2) is 0 Å². The second-order valence-electron chi connectivity index (χ2n) is 5.67. The van der Waals surface area contributed by atoms with Crippen molar-refractivity contribution >= 4 is 8.07 Å². The Morgan fingerprint density at radius 3 is 1.78 bits per heavy atom. The van der Waals surface area contributed by atoms with Crippen LogP contribution in [0.2, 0.25) is 19.6 Å². The van der Waals surface area contributed by atoms with E-state index in [4.69, 9.17) is 18.8 Å². The van der Waals surface area contributed by atoms with Crippen LogP contribution in [0.5, 0.6) is 0 Å². The molecule has 0 aromatic heterocycles. The van der Waals surface area contributed by atoms with Gasteiger partial charge in [0.25, 0.3) is 0 Å². The van der Waals surface area contributed by atoms with E-state index < -0.39 is 8.07 Å². The van der Waals surface area contributed by atoms with Gasteiger partial charge in [0.05, 0.1) is 19.8 Å². The van der Waals surface area contributed by atoms with Crippen molar-refractivity contribution in [2.24, 2.45) is 0 Å². The predicted octanol–water partition coefficient (Wildman–Crippen LogP) is 3.13. The van der Waals surface area contributed by atoms with Crippen molar-refractivity contribution in [1.29, 1.82) is 0 Å². The standard InChI is InChI=1S/C13H21NOSi.3CO.Cr/c1-14-12(11-8-6-5-7-9-11)10-13(15-14)16(2,3)4;3*1-2;/h5-9,12-13H,10H2,1-4H3;;;;/t12-,13-;;;;/m0..../s1. The summed E-state index contributed by atoms with van der Waals surface area (Å²) in [6, 6.07) is 11.1. The fourth-order valence-corrected chi connectivity index (χ4v) is 3.61. The van der Waals surface area contributed by atoms with Gasteiger partial charge in [-0.1, -0.05) is 50.0 Å². The van der Waals surface area contributed by atoms with E-state index in [-0.39, 0.29) is 17.4 Å². The van der Waals surface area contributed by atoms with Gasteiger partial charge in [-0.15, -0.1) is 0 Å². The molecule has 0 spiro atoms. The Labute approximate surface area is 150 Å². The molecule has 1 aromatic carbocycles. The molecule has 1 fully saturated rings. The van der Waals surface area contributed by atoms with Crippen LogP contribution in [-0.2, 0) is 36.2 Å². The maximum absolute atomic E-state index is 7.50. The van der Waals surface area contributed by atoms with Crippen LogP contribution in [0.15, 0.2) is 30.3 Å². The van der Waals surface area contributed by atoms with Crippen LogP contribution >= 0.6 is 0 Å². The third-order valence-corrected chi connectivity index (χ3v) is 5.59. The van der Waals surface area contributed by atoms with Crippen LogP contribution in [0.1, 0.15) is 18.0 Å². The topological polar surface area (TPSA) is 72.2 Å². The summed E-state index contributed by atoms with van der Waals surface area (Å²) in [5, 5.41) is 2.04. The molecule has 124 valence electrons. The molecular formula is C16H21CrNO4Si. The molecule has 0 saturated carbocycles. The largest absolute Gasteiger partial charge is 0 e. The smallest absolute Gasteiger partial charge is 0 e. The predicted molar refractivity (Wildman–Crippen MR) is 81.6 cm³/mol. The molecule has 0 amide bonds. The van der Waals surface area contributed by atoms with Crippen LogP contribution in [-0.4, -0.2) is 25.9 Å². The van der Waals surface area contributed by atoms with E-state index in [1.807, 2.05) is 5.06 Å². The van der Waals surface area contributed by atoms with E-state index in [1.165, 1.54) is 5.56 Å². The van der Waals surface area contributed by atoms with Crippen molar-refractivity contribution in [2.75, 3.05) is 7.05 Å². The van der Waals surface area contributed by atoms with Gasteiger partial charge in [0.2, 0.25) is 0 Å². The first kappa shape index (κ1) is 27.0. The van der Waals surface area contributed by atoms with Gasteiger partial charge in [-0.3, -0.25) is 4.84 Å². The third kappa shape index (κ3) is 9.10. The van der Waals surface area contributed by atoms with Gasteiger partial charge in [-0.2, -0.15) is 5.06 Å². The Balaban J connectivity index is -0.000000514. The fraction of sp³-hybridized carbons (Fsp3) is 0.438. The summed E-state index contributed by atoms with van der Waals surface area (Å²) in [6.07, 6.45) is 1.14. The van der Waals surface area contributed by atoms with E-state index in [0.29, 0.717) is 11.8 Å². The molecule has 23 heavy (non-hydrogen) atoms. The first-order valence-corrected chi connectivity index (χ1v) is 10.1. The fourth-order valence-electron chi connectivity index (χ4n) is 2.20.